The average molecular weight is 221 g/mol. The molecule has 0 saturated heterocycles. The van der Waals surface area contributed by atoms with Crippen LogP contribution in [0.5, 0.6) is 0 Å². The Morgan fingerprint density at radius 3 is 2.94 bits per heavy atom. The number of H-pyrrole nitrogens is 1. The summed E-state index contributed by atoms with van der Waals surface area (Å²) in [6, 6.07) is 1.63. The van der Waals surface area contributed by atoms with Gasteiger partial charge >= 0.3 is 5.97 Å². The van der Waals surface area contributed by atoms with Crippen molar-refractivity contribution >= 4 is 11.8 Å². The van der Waals surface area contributed by atoms with Crippen molar-refractivity contribution in [3.05, 3.63) is 17.8 Å². The maximum absolute atomic E-state index is 11.5. The van der Waals surface area contributed by atoms with E-state index in [1.807, 2.05) is 0 Å². The molecule has 7 heteroatoms. The molecule has 3 N–H and O–H groups in total. The normalized spacial score (nSPS) is 10.4. The van der Waals surface area contributed by atoms with Gasteiger partial charge in [0.1, 0.15) is 17.1 Å². The van der Waals surface area contributed by atoms with Gasteiger partial charge in [0.2, 0.25) is 0 Å². The second-order valence-corrected chi connectivity index (χ2v) is 3.23. The van der Waals surface area contributed by atoms with E-state index < -0.39 is 5.97 Å². The first-order valence-electron chi connectivity index (χ1n) is 4.55. The molecule has 0 fully saturated rings. The molecule has 84 valence electrons. The number of methoxy groups -OCH3 is 1. The Morgan fingerprint density at radius 1 is 1.62 bits per heavy atom. The summed E-state index contributed by atoms with van der Waals surface area (Å²) in [5.41, 5.74) is 7.09. The first-order chi connectivity index (χ1) is 7.63. The molecular formula is C9H11N5O2. The Balaban J connectivity index is 2.55. The van der Waals surface area contributed by atoms with Crippen LogP contribution in [0.25, 0.3) is 11.4 Å². The minimum Gasteiger partial charge on any atom is -0.465 e. The highest BCUT2D eigenvalue weighted by atomic mass is 16.5. The molecule has 0 spiro atoms. The van der Waals surface area contributed by atoms with Gasteiger partial charge in [-0.05, 0) is 0 Å². The van der Waals surface area contributed by atoms with Gasteiger partial charge in [0, 0.05) is 13.1 Å². The topological polar surface area (TPSA) is 98.8 Å². The van der Waals surface area contributed by atoms with Gasteiger partial charge in [-0.2, -0.15) is 10.2 Å². The molecule has 0 amide bonds. The zero-order valence-corrected chi connectivity index (χ0v) is 8.89. The number of aromatic amines is 1. The van der Waals surface area contributed by atoms with Crippen LogP contribution in [-0.4, -0.2) is 33.1 Å². The molecule has 0 unspecified atom stereocenters. The van der Waals surface area contributed by atoms with Crippen molar-refractivity contribution in [1.82, 2.24) is 20.0 Å². The van der Waals surface area contributed by atoms with E-state index >= 15 is 0 Å². The van der Waals surface area contributed by atoms with Crippen molar-refractivity contribution in [2.24, 2.45) is 7.05 Å². The zero-order valence-electron chi connectivity index (χ0n) is 8.89. The summed E-state index contributed by atoms with van der Waals surface area (Å²) < 4.78 is 6.22. The van der Waals surface area contributed by atoms with Crippen LogP contribution < -0.4 is 5.73 Å². The van der Waals surface area contributed by atoms with Crippen molar-refractivity contribution in [2.45, 2.75) is 0 Å². The number of aryl methyl sites for hydroxylation is 1. The van der Waals surface area contributed by atoms with Gasteiger partial charge in [0.25, 0.3) is 0 Å². The third kappa shape index (κ3) is 1.52. The van der Waals surface area contributed by atoms with Crippen molar-refractivity contribution in [3.8, 4) is 11.4 Å². The SMILES string of the molecule is COC(=O)c1cnn(C)c1-c1cc(N)n[nH]1. The van der Waals surface area contributed by atoms with E-state index in [1.54, 1.807) is 17.8 Å². The number of anilines is 1. The predicted octanol–water partition coefficient (Wildman–Crippen LogP) is 0.179. The van der Waals surface area contributed by atoms with Crippen LogP contribution in [-0.2, 0) is 11.8 Å². The number of hydrogen-bond acceptors (Lipinski definition) is 5. The lowest BCUT2D eigenvalue weighted by Gasteiger charge is -2.01. The maximum Gasteiger partial charge on any atom is 0.341 e. The molecule has 2 aromatic heterocycles. The highest BCUT2D eigenvalue weighted by Gasteiger charge is 2.19. The molecule has 0 bridgehead atoms. The number of nitrogens with zero attached hydrogens (tertiary/aromatic N) is 3. The Hall–Kier alpha value is -2.31. The third-order valence-electron chi connectivity index (χ3n) is 2.20. The summed E-state index contributed by atoms with van der Waals surface area (Å²) in [4.78, 5) is 11.5. The van der Waals surface area contributed by atoms with E-state index in [1.165, 1.54) is 13.3 Å². The predicted molar refractivity (Wildman–Crippen MR) is 56.5 cm³/mol. The minimum absolute atomic E-state index is 0.354. The Bertz CT molecular complexity index is 528. The lowest BCUT2D eigenvalue weighted by molar-refractivity contribution is 0.0601. The second kappa shape index (κ2) is 3.69. The van der Waals surface area contributed by atoms with E-state index in [4.69, 9.17) is 5.73 Å². The van der Waals surface area contributed by atoms with Gasteiger partial charge in [-0.25, -0.2) is 4.79 Å². The highest BCUT2D eigenvalue weighted by Crippen LogP contribution is 2.22. The second-order valence-electron chi connectivity index (χ2n) is 3.23. The van der Waals surface area contributed by atoms with Gasteiger partial charge in [-0.15, -0.1) is 0 Å². The van der Waals surface area contributed by atoms with E-state index in [0.717, 1.165) is 0 Å². The van der Waals surface area contributed by atoms with Crippen molar-refractivity contribution < 1.29 is 9.53 Å². The Morgan fingerprint density at radius 2 is 2.38 bits per heavy atom. The third-order valence-corrected chi connectivity index (χ3v) is 2.20. The fourth-order valence-corrected chi connectivity index (χ4v) is 1.47. The Labute approximate surface area is 91.2 Å². The molecule has 0 saturated carbocycles. The number of aromatic nitrogens is 4. The lowest BCUT2D eigenvalue weighted by Crippen LogP contribution is -2.03. The number of rotatable bonds is 2. The van der Waals surface area contributed by atoms with Crippen LogP contribution in [0.15, 0.2) is 12.3 Å². The van der Waals surface area contributed by atoms with Gasteiger partial charge in [0.05, 0.1) is 19.0 Å². The minimum atomic E-state index is -0.448. The largest absolute Gasteiger partial charge is 0.465 e. The van der Waals surface area contributed by atoms with Crippen LogP contribution in [0.4, 0.5) is 5.82 Å². The quantitative estimate of drug-likeness (QED) is 0.705. The number of hydrogen-bond donors (Lipinski definition) is 2. The monoisotopic (exact) mass is 221 g/mol. The molecule has 2 heterocycles. The number of nitrogens with one attached hydrogen (secondary N) is 1. The summed E-state index contributed by atoms with van der Waals surface area (Å²) in [5, 5.41) is 10.5. The van der Waals surface area contributed by atoms with Crippen LogP contribution in [0.2, 0.25) is 0 Å². The Kier molecular flexibility index (Phi) is 2.35. The van der Waals surface area contributed by atoms with Crippen molar-refractivity contribution in [1.29, 1.82) is 0 Å². The number of carbonyl (C=O) groups excluding carboxylic acids is 1. The van der Waals surface area contributed by atoms with Crippen LogP contribution >= 0.6 is 0 Å². The highest BCUT2D eigenvalue weighted by molar-refractivity contribution is 5.95. The number of esters is 1. The molecule has 0 aliphatic rings. The standard InChI is InChI=1S/C9H11N5O2/c1-14-8(6-3-7(10)13-12-6)5(4-11-14)9(15)16-2/h3-4H,1-2H3,(H3,10,12,13). The van der Waals surface area contributed by atoms with E-state index in [9.17, 15) is 4.79 Å². The average Bonchev–Trinajstić information content (AvgIpc) is 2.83. The fourth-order valence-electron chi connectivity index (χ4n) is 1.47. The first-order valence-corrected chi connectivity index (χ1v) is 4.55. The molecule has 0 atom stereocenters. The summed E-state index contributed by atoms with van der Waals surface area (Å²) >= 11 is 0. The lowest BCUT2D eigenvalue weighted by atomic mass is 10.2. The van der Waals surface area contributed by atoms with Crippen LogP contribution in [0.1, 0.15) is 10.4 Å². The number of nitrogens with two attached hydrogens (primary N) is 1. The van der Waals surface area contributed by atoms with E-state index in [0.29, 0.717) is 22.8 Å². The molecule has 2 aromatic rings. The number of carbonyl (C=O) groups is 1. The van der Waals surface area contributed by atoms with Crippen LogP contribution in [0.3, 0.4) is 0 Å². The molecular weight excluding hydrogens is 210 g/mol. The van der Waals surface area contributed by atoms with Gasteiger partial charge in [-0.1, -0.05) is 0 Å². The van der Waals surface area contributed by atoms with Crippen LogP contribution in [0, 0.1) is 0 Å². The number of nitrogen functional groups attached to an aromatic ring is 1. The molecule has 7 nitrogen and oxygen atoms in total. The van der Waals surface area contributed by atoms with Gasteiger partial charge in [0.15, 0.2) is 0 Å². The van der Waals surface area contributed by atoms with Crippen molar-refractivity contribution in [3.63, 3.8) is 0 Å². The van der Waals surface area contributed by atoms with E-state index in [2.05, 4.69) is 20.0 Å². The molecule has 0 radical (unpaired) electrons. The fraction of sp³-hybridized carbons (Fsp3) is 0.222. The van der Waals surface area contributed by atoms with Gasteiger partial charge in [-0.3, -0.25) is 9.78 Å². The zero-order chi connectivity index (χ0) is 11.7. The summed E-state index contributed by atoms with van der Waals surface area (Å²) in [6.07, 6.45) is 1.44. The smallest absolute Gasteiger partial charge is 0.341 e. The summed E-state index contributed by atoms with van der Waals surface area (Å²) in [7, 11) is 3.04. The number of ether oxygens (including phenoxy) is 1. The summed E-state index contributed by atoms with van der Waals surface area (Å²) in [6.45, 7) is 0. The molecule has 16 heavy (non-hydrogen) atoms. The molecule has 0 aliphatic heterocycles. The molecule has 0 aliphatic carbocycles. The summed E-state index contributed by atoms with van der Waals surface area (Å²) in [5.74, 6) is -0.0942. The first kappa shape index (κ1) is 10.2. The van der Waals surface area contributed by atoms with Crippen molar-refractivity contribution in [2.75, 3.05) is 12.8 Å². The van der Waals surface area contributed by atoms with Gasteiger partial charge < -0.3 is 10.5 Å². The maximum atomic E-state index is 11.5. The molecule has 0 aromatic carbocycles. The molecule has 2 rings (SSSR count). The van der Waals surface area contributed by atoms with E-state index in [-0.39, 0.29) is 0 Å².